The summed E-state index contributed by atoms with van der Waals surface area (Å²) in [6.45, 7) is 0. The molecule has 0 aromatic heterocycles. The highest BCUT2D eigenvalue weighted by Crippen LogP contribution is 2.23. The molecule has 0 fully saturated rings. The molecule has 0 radical (unpaired) electrons. The molecule has 0 aliphatic heterocycles. The van der Waals surface area contributed by atoms with E-state index >= 15 is 0 Å². The molecule has 0 spiro atoms. The van der Waals surface area contributed by atoms with Gasteiger partial charge in [0.05, 0.1) is 19.8 Å². The molecule has 19 heavy (non-hydrogen) atoms. The number of esters is 2. The summed E-state index contributed by atoms with van der Waals surface area (Å²) in [6, 6.07) is 3.98. The summed E-state index contributed by atoms with van der Waals surface area (Å²) >= 11 is 0. The molecule has 1 aromatic rings. The summed E-state index contributed by atoms with van der Waals surface area (Å²) in [4.78, 5) is 22.4. The van der Waals surface area contributed by atoms with Crippen molar-refractivity contribution in [1.82, 2.24) is 0 Å². The number of benzene rings is 1. The molecule has 7 heteroatoms. The zero-order valence-corrected chi connectivity index (χ0v) is 10.5. The van der Waals surface area contributed by atoms with E-state index in [4.69, 9.17) is 5.73 Å². The maximum absolute atomic E-state index is 11.3. The van der Waals surface area contributed by atoms with Gasteiger partial charge < -0.3 is 25.4 Å². The van der Waals surface area contributed by atoms with Crippen LogP contribution in [0.15, 0.2) is 18.2 Å². The maximum Gasteiger partial charge on any atom is 0.339 e. The van der Waals surface area contributed by atoms with Gasteiger partial charge in [0.2, 0.25) is 0 Å². The Morgan fingerprint density at radius 1 is 1.21 bits per heavy atom. The summed E-state index contributed by atoms with van der Waals surface area (Å²) < 4.78 is 8.83. The molecule has 1 aromatic carbocycles. The van der Waals surface area contributed by atoms with Crippen LogP contribution in [0.3, 0.4) is 0 Å². The minimum absolute atomic E-state index is 0.0699. The number of carbonyl (C=O) groups excluding carboxylic acids is 2. The molecular formula is C12H15NO6. The van der Waals surface area contributed by atoms with Gasteiger partial charge in [-0.3, -0.25) is 0 Å². The van der Waals surface area contributed by atoms with Gasteiger partial charge in [-0.25, -0.2) is 9.59 Å². The highest BCUT2D eigenvalue weighted by Gasteiger charge is 2.27. The monoisotopic (exact) mass is 269 g/mol. The van der Waals surface area contributed by atoms with Crippen LogP contribution in [0.5, 0.6) is 0 Å². The first-order valence-corrected chi connectivity index (χ1v) is 5.34. The average Bonchev–Trinajstić information content (AvgIpc) is 2.43. The number of hydrogen-bond donors (Lipinski definition) is 3. The quantitative estimate of drug-likeness (QED) is 0.503. The van der Waals surface area contributed by atoms with Gasteiger partial charge in [-0.2, -0.15) is 0 Å². The first-order valence-electron chi connectivity index (χ1n) is 5.34. The topological polar surface area (TPSA) is 119 Å². The third-order valence-electron chi connectivity index (χ3n) is 2.56. The Morgan fingerprint density at radius 3 is 2.32 bits per heavy atom. The lowest BCUT2D eigenvalue weighted by Crippen LogP contribution is -2.29. The lowest BCUT2D eigenvalue weighted by molar-refractivity contribution is -0.156. The first-order chi connectivity index (χ1) is 8.92. The highest BCUT2D eigenvalue weighted by atomic mass is 16.5. The van der Waals surface area contributed by atoms with Crippen molar-refractivity contribution in [3.8, 4) is 0 Å². The second kappa shape index (κ2) is 6.17. The molecule has 0 aliphatic rings. The van der Waals surface area contributed by atoms with E-state index in [0.29, 0.717) is 0 Å². The lowest BCUT2D eigenvalue weighted by atomic mass is 10.0. The van der Waals surface area contributed by atoms with Crippen molar-refractivity contribution in [2.24, 2.45) is 0 Å². The number of anilines is 1. The summed E-state index contributed by atoms with van der Waals surface area (Å²) in [6.07, 6.45) is -3.23. The fraction of sp³-hybridized carbons (Fsp3) is 0.333. The Bertz CT molecular complexity index is 487. The van der Waals surface area contributed by atoms with Gasteiger partial charge in [-0.05, 0) is 17.7 Å². The highest BCUT2D eigenvalue weighted by molar-refractivity contribution is 5.95. The van der Waals surface area contributed by atoms with E-state index in [1.807, 2.05) is 0 Å². The van der Waals surface area contributed by atoms with Crippen LogP contribution in [-0.4, -0.2) is 42.5 Å². The van der Waals surface area contributed by atoms with Crippen LogP contribution in [0, 0.1) is 0 Å². The molecule has 0 amide bonds. The molecule has 2 atom stereocenters. The Morgan fingerprint density at radius 2 is 1.84 bits per heavy atom. The van der Waals surface area contributed by atoms with Crippen LogP contribution in [0.2, 0.25) is 0 Å². The van der Waals surface area contributed by atoms with Gasteiger partial charge in [0.1, 0.15) is 6.10 Å². The second-order valence-corrected chi connectivity index (χ2v) is 3.75. The first kappa shape index (κ1) is 14.9. The molecule has 0 aliphatic carbocycles. The standard InChI is InChI=1S/C12H15NO6/c1-18-11(16)7-4-3-6(5-8(7)13)9(14)10(15)12(17)19-2/h3-5,9-10,14-15H,13H2,1-2H3. The maximum atomic E-state index is 11.3. The number of hydrogen-bond acceptors (Lipinski definition) is 7. The number of methoxy groups -OCH3 is 2. The van der Waals surface area contributed by atoms with Crippen LogP contribution in [0.1, 0.15) is 22.0 Å². The van der Waals surface area contributed by atoms with E-state index in [2.05, 4.69) is 9.47 Å². The minimum atomic E-state index is -1.73. The Labute approximate surface area is 109 Å². The van der Waals surface area contributed by atoms with E-state index in [1.165, 1.54) is 25.3 Å². The average molecular weight is 269 g/mol. The Balaban J connectivity index is 3.01. The Kier molecular flexibility index (Phi) is 4.85. The third kappa shape index (κ3) is 3.21. The van der Waals surface area contributed by atoms with Crippen molar-refractivity contribution in [2.75, 3.05) is 20.0 Å². The molecule has 4 N–H and O–H groups in total. The molecule has 0 saturated carbocycles. The fourth-order valence-electron chi connectivity index (χ4n) is 1.49. The number of rotatable bonds is 4. The van der Waals surface area contributed by atoms with Gasteiger partial charge in [0, 0.05) is 5.69 Å². The third-order valence-corrected chi connectivity index (χ3v) is 2.56. The Hall–Kier alpha value is -2.12. The molecule has 0 saturated heterocycles. The number of aliphatic hydroxyl groups is 2. The van der Waals surface area contributed by atoms with Crippen molar-refractivity contribution in [3.63, 3.8) is 0 Å². The van der Waals surface area contributed by atoms with E-state index < -0.39 is 24.1 Å². The number of ether oxygens (including phenoxy) is 2. The summed E-state index contributed by atoms with van der Waals surface area (Å²) in [5, 5.41) is 19.3. The molecule has 0 bridgehead atoms. The van der Waals surface area contributed by atoms with Crippen molar-refractivity contribution in [2.45, 2.75) is 12.2 Å². The summed E-state index contributed by atoms with van der Waals surface area (Å²) in [5.41, 5.74) is 6.02. The van der Waals surface area contributed by atoms with Gasteiger partial charge in [0.15, 0.2) is 6.10 Å². The molecular weight excluding hydrogens is 254 g/mol. The second-order valence-electron chi connectivity index (χ2n) is 3.75. The van der Waals surface area contributed by atoms with Crippen LogP contribution < -0.4 is 5.73 Å². The van der Waals surface area contributed by atoms with Crippen LogP contribution >= 0.6 is 0 Å². The van der Waals surface area contributed by atoms with E-state index in [1.54, 1.807) is 0 Å². The van der Waals surface area contributed by atoms with Gasteiger partial charge >= 0.3 is 11.9 Å². The van der Waals surface area contributed by atoms with Crippen molar-refractivity contribution >= 4 is 17.6 Å². The van der Waals surface area contributed by atoms with E-state index in [9.17, 15) is 19.8 Å². The normalized spacial score (nSPS) is 13.5. The number of aliphatic hydroxyl groups excluding tert-OH is 2. The van der Waals surface area contributed by atoms with Gasteiger partial charge in [-0.15, -0.1) is 0 Å². The largest absolute Gasteiger partial charge is 0.467 e. The zero-order valence-electron chi connectivity index (χ0n) is 10.5. The smallest absolute Gasteiger partial charge is 0.339 e. The predicted molar refractivity (Wildman–Crippen MR) is 65.2 cm³/mol. The van der Waals surface area contributed by atoms with Crippen LogP contribution in [-0.2, 0) is 14.3 Å². The van der Waals surface area contributed by atoms with Gasteiger partial charge in [0.25, 0.3) is 0 Å². The van der Waals surface area contributed by atoms with E-state index in [-0.39, 0.29) is 16.8 Å². The summed E-state index contributed by atoms with van der Waals surface area (Å²) in [5.74, 6) is -1.59. The van der Waals surface area contributed by atoms with Gasteiger partial charge in [-0.1, -0.05) is 6.07 Å². The number of carbonyl (C=O) groups is 2. The molecule has 2 unspecified atom stereocenters. The van der Waals surface area contributed by atoms with Crippen molar-refractivity contribution in [1.29, 1.82) is 0 Å². The van der Waals surface area contributed by atoms with E-state index in [0.717, 1.165) is 7.11 Å². The van der Waals surface area contributed by atoms with Crippen molar-refractivity contribution < 1.29 is 29.3 Å². The fourth-order valence-corrected chi connectivity index (χ4v) is 1.49. The molecule has 104 valence electrons. The van der Waals surface area contributed by atoms with Crippen LogP contribution in [0.4, 0.5) is 5.69 Å². The predicted octanol–water partition coefficient (Wildman–Crippen LogP) is -0.377. The SMILES string of the molecule is COC(=O)c1ccc(C(O)C(O)C(=O)OC)cc1N. The number of nitrogens with two attached hydrogens (primary N) is 1. The number of nitrogen functional groups attached to an aromatic ring is 1. The minimum Gasteiger partial charge on any atom is -0.467 e. The van der Waals surface area contributed by atoms with Crippen LogP contribution in [0.25, 0.3) is 0 Å². The summed E-state index contributed by atoms with van der Waals surface area (Å²) in [7, 11) is 2.30. The lowest BCUT2D eigenvalue weighted by Gasteiger charge is -2.17. The zero-order chi connectivity index (χ0) is 14.6. The van der Waals surface area contributed by atoms with Crippen molar-refractivity contribution in [3.05, 3.63) is 29.3 Å². The molecule has 7 nitrogen and oxygen atoms in total. The molecule has 0 heterocycles. The molecule has 1 rings (SSSR count).